The summed E-state index contributed by atoms with van der Waals surface area (Å²) in [5.74, 6) is -2.63. The maximum atomic E-state index is 13.2. The molecule has 4 atom stereocenters. The summed E-state index contributed by atoms with van der Waals surface area (Å²) in [6.07, 6.45) is 3.96. The SMILES string of the molecule is NC(Cc1c[nH]c2ccccc12)C(=O)NC(CO)C(=O)N1CCCC1C(=O)N1CCCC1C(=O)O. The van der Waals surface area contributed by atoms with Gasteiger partial charge in [-0.3, -0.25) is 14.4 Å². The number of nitrogens with one attached hydrogen (secondary N) is 2. The van der Waals surface area contributed by atoms with Crippen LogP contribution in [0.3, 0.4) is 0 Å². The smallest absolute Gasteiger partial charge is 0.326 e. The zero-order chi connectivity index (χ0) is 25.1. The molecule has 188 valence electrons. The number of carboxylic acid groups (broad SMARTS) is 1. The van der Waals surface area contributed by atoms with Gasteiger partial charge in [-0.15, -0.1) is 0 Å². The number of rotatable bonds is 8. The summed E-state index contributed by atoms with van der Waals surface area (Å²) < 4.78 is 0. The average molecular weight is 486 g/mol. The molecule has 1 aromatic carbocycles. The number of aliphatic hydroxyl groups excluding tert-OH is 1. The van der Waals surface area contributed by atoms with Gasteiger partial charge >= 0.3 is 5.97 Å². The molecular weight excluding hydrogens is 454 g/mol. The molecule has 4 rings (SSSR count). The molecule has 0 bridgehead atoms. The number of aromatic amines is 1. The molecule has 0 aliphatic carbocycles. The molecule has 2 fully saturated rings. The second kappa shape index (κ2) is 10.4. The highest BCUT2D eigenvalue weighted by atomic mass is 16.4. The van der Waals surface area contributed by atoms with Crippen molar-refractivity contribution < 1.29 is 29.4 Å². The van der Waals surface area contributed by atoms with Crippen LogP contribution in [0.1, 0.15) is 31.2 Å². The Kier molecular flexibility index (Phi) is 7.37. The van der Waals surface area contributed by atoms with E-state index < -0.39 is 54.5 Å². The number of nitrogens with zero attached hydrogens (tertiary/aromatic N) is 2. The number of carbonyl (C=O) groups excluding carboxylic acids is 3. The van der Waals surface area contributed by atoms with Crippen LogP contribution in [0.4, 0.5) is 0 Å². The molecule has 11 heteroatoms. The van der Waals surface area contributed by atoms with E-state index in [0.717, 1.165) is 16.5 Å². The van der Waals surface area contributed by atoms with E-state index in [0.29, 0.717) is 32.2 Å². The monoisotopic (exact) mass is 485 g/mol. The van der Waals surface area contributed by atoms with Gasteiger partial charge in [-0.25, -0.2) is 4.79 Å². The first-order chi connectivity index (χ1) is 16.8. The van der Waals surface area contributed by atoms with Crippen LogP contribution in [-0.2, 0) is 25.6 Å². The zero-order valence-corrected chi connectivity index (χ0v) is 19.4. The predicted octanol–water partition coefficient (Wildman–Crippen LogP) is -0.419. The van der Waals surface area contributed by atoms with Crippen molar-refractivity contribution in [1.29, 1.82) is 0 Å². The molecule has 2 aliphatic heterocycles. The second-order valence-electron chi connectivity index (χ2n) is 9.13. The lowest BCUT2D eigenvalue weighted by molar-refractivity contribution is -0.152. The Morgan fingerprint density at radius 3 is 2.49 bits per heavy atom. The first kappa shape index (κ1) is 24.7. The Hall–Kier alpha value is -3.44. The molecule has 3 amide bonds. The highest BCUT2D eigenvalue weighted by Gasteiger charge is 2.43. The molecule has 2 aliphatic rings. The molecule has 0 saturated carbocycles. The molecular formula is C24H31N5O6. The van der Waals surface area contributed by atoms with Crippen LogP contribution >= 0.6 is 0 Å². The lowest BCUT2D eigenvalue weighted by atomic mass is 10.0. The number of benzene rings is 1. The number of hydrogen-bond acceptors (Lipinski definition) is 6. The standard InChI is InChI=1S/C24H31N5O6/c25-16(11-14-12-26-17-6-2-1-5-15(14)17)21(31)27-18(13-30)22(32)28-9-3-7-19(28)23(33)29-10-4-8-20(29)24(34)35/h1-2,5-6,12,16,18-20,26,30H,3-4,7-11,13,25H2,(H,27,31)(H,34,35). The van der Waals surface area contributed by atoms with Gasteiger partial charge in [-0.2, -0.15) is 0 Å². The van der Waals surface area contributed by atoms with E-state index in [1.165, 1.54) is 9.80 Å². The van der Waals surface area contributed by atoms with Gasteiger partial charge in [0, 0.05) is 30.2 Å². The topological polar surface area (TPSA) is 169 Å². The molecule has 2 aromatic rings. The van der Waals surface area contributed by atoms with E-state index in [9.17, 15) is 29.4 Å². The van der Waals surface area contributed by atoms with Crippen molar-refractivity contribution in [2.45, 2.75) is 56.3 Å². The molecule has 11 nitrogen and oxygen atoms in total. The van der Waals surface area contributed by atoms with E-state index in [1.54, 1.807) is 6.20 Å². The number of carboxylic acids is 1. The molecule has 0 spiro atoms. The minimum Gasteiger partial charge on any atom is -0.480 e. The normalized spacial score (nSPS) is 21.8. The van der Waals surface area contributed by atoms with Crippen LogP contribution in [0, 0.1) is 0 Å². The second-order valence-corrected chi connectivity index (χ2v) is 9.13. The highest BCUT2D eigenvalue weighted by Crippen LogP contribution is 2.25. The van der Waals surface area contributed by atoms with E-state index in [2.05, 4.69) is 10.3 Å². The summed E-state index contributed by atoms with van der Waals surface area (Å²) >= 11 is 0. The van der Waals surface area contributed by atoms with Gasteiger partial charge < -0.3 is 36.0 Å². The van der Waals surface area contributed by atoms with Crippen LogP contribution in [0.25, 0.3) is 10.9 Å². The van der Waals surface area contributed by atoms with Crippen LogP contribution in [0.2, 0.25) is 0 Å². The van der Waals surface area contributed by atoms with Crippen LogP contribution in [0.5, 0.6) is 0 Å². The molecule has 3 heterocycles. The number of carbonyl (C=O) groups is 4. The fourth-order valence-corrected chi connectivity index (χ4v) is 5.06. The maximum Gasteiger partial charge on any atom is 0.326 e. The fraction of sp³-hybridized carbons (Fsp3) is 0.500. The van der Waals surface area contributed by atoms with Gasteiger partial charge in [0.1, 0.15) is 18.1 Å². The Morgan fingerprint density at radius 2 is 1.77 bits per heavy atom. The minimum atomic E-state index is -1.25. The third-order valence-electron chi connectivity index (χ3n) is 6.89. The van der Waals surface area contributed by atoms with Crippen molar-refractivity contribution in [3.63, 3.8) is 0 Å². The van der Waals surface area contributed by atoms with E-state index in [4.69, 9.17) is 5.73 Å². The number of aromatic nitrogens is 1. The Morgan fingerprint density at radius 1 is 1.09 bits per heavy atom. The van der Waals surface area contributed by atoms with Gasteiger partial charge in [0.15, 0.2) is 0 Å². The summed E-state index contributed by atoms with van der Waals surface area (Å²) in [6.45, 7) is -0.0327. The molecule has 4 unspecified atom stereocenters. The Bertz CT molecular complexity index is 1120. The van der Waals surface area contributed by atoms with E-state index in [-0.39, 0.29) is 13.0 Å². The summed E-state index contributed by atoms with van der Waals surface area (Å²) in [6, 6.07) is 3.72. The quantitative estimate of drug-likeness (QED) is 0.338. The largest absolute Gasteiger partial charge is 0.480 e. The third-order valence-corrected chi connectivity index (χ3v) is 6.89. The van der Waals surface area contributed by atoms with Gasteiger partial charge in [-0.05, 0) is 43.7 Å². The van der Waals surface area contributed by atoms with Crippen LogP contribution in [0.15, 0.2) is 30.5 Å². The number of para-hydroxylation sites is 1. The van der Waals surface area contributed by atoms with Crippen molar-refractivity contribution >= 4 is 34.6 Å². The van der Waals surface area contributed by atoms with Crippen molar-refractivity contribution in [3.8, 4) is 0 Å². The van der Waals surface area contributed by atoms with E-state index >= 15 is 0 Å². The molecule has 1 aromatic heterocycles. The Balaban J connectivity index is 1.40. The first-order valence-electron chi connectivity index (χ1n) is 11.9. The highest BCUT2D eigenvalue weighted by molar-refractivity contribution is 5.95. The third kappa shape index (κ3) is 5.01. The predicted molar refractivity (Wildman–Crippen MR) is 126 cm³/mol. The minimum absolute atomic E-state index is 0.235. The van der Waals surface area contributed by atoms with Crippen molar-refractivity contribution in [3.05, 3.63) is 36.0 Å². The van der Waals surface area contributed by atoms with Crippen molar-refractivity contribution in [2.75, 3.05) is 19.7 Å². The average Bonchev–Trinajstić information content (AvgIpc) is 3.61. The van der Waals surface area contributed by atoms with Gasteiger partial charge in [-0.1, -0.05) is 18.2 Å². The van der Waals surface area contributed by atoms with Gasteiger partial charge in [0.25, 0.3) is 0 Å². The summed E-state index contributed by atoms with van der Waals surface area (Å²) in [5, 5.41) is 22.7. The fourth-order valence-electron chi connectivity index (χ4n) is 5.06. The number of likely N-dealkylation sites (tertiary alicyclic amines) is 2. The van der Waals surface area contributed by atoms with Crippen LogP contribution in [-0.4, -0.2) is 92.6 Å². The molecule has 35 heavy (non-hydrogen) atoms. The van der Waals surface area contributed by atoms with Gasteiger partial charge in [0.2, 0.25) is 17.7 Å². The van der Waals surface area contributed by atoms with Crippen molar-refractivity contribution in [2.24, 2.45) is 5.73 Å². The van der Waals surface area contributed by atoms with E-state index in [1.807, 2.05) is 24.3 Å². The number of H-pyrrole nitrogens is 1. The van der Waals surface area contributed by atoms with Crippen molar-refractivity contribution in [1.82, 2.24) is 20.1 Å². The molecule has 2 saturated heterocycles. The number of nitrogens with two attached hydrogens (primary N) is 1. The number of amides is 3. The zero-order valence-electron chi connectivity index (χ0n) is 19.4. The number of hydrogen-bond donors (Lipinski definition) is 5. The number of aliphatic hydroxyl groups is 1. The number of fused-ring (bicyclic) bond motifs is 1. The van der Waals surface area contributed by atoms with Gasteiger partial charge in [0.05, 0.1) is 12.6 Å². The maximum absolute atomic E-state index is 13.2. The summed E-state index contributed by atoms with van der Waals surface area (Å²) in [5.41, 5.74) is 7.89. The van der Waals surface area contributed by atoms with Crippen LogP contribution < -0.4 is 11.1 Å². The summed E-state index contributed by atoms with van der Waals surface area (Å²) in [4.78, 5) is 56.3. The number of aliphatic carboxylic acids is 1. The lowest BCUT2D eigenvalue weighted by Gasteiger charge is -2.32. The lowest BCUT2D eigenvalue weighted by Crippen LogP contribution is -2.58. The summed E-state index contributed by atoms with van der Waals surface area (Å²) in [7, 11) is 0. The Labute approximate surface area is 202 Å². The molecule has 0 radical (unpaired) electrons. The first-order valence-corrected chi connectivity index (χ1v) is 11.9. The molecule has 6 N–H and O–H groups in total.